The molecule has 0 aromatic heterocycles. The van der Waals surface area contributed by atoms with E-state index in [2.05, 4.69) is 32.6 Å². The summed E-state index contributed by atoms with van der Waals surface area (Å²) in [5.74, 6) is 0.744. The molecule has 0 aromatic rings. The average molecular weight is 186 g/mol. The molecule has 0 radical (unpaired) electrons. The fourth-order valence-electron chi connectivity index (χ4n) is 1.64. The van der Waals surface area contributed by atoms with Gasteiger partial charge in [-0.3, -0.25) is 0 Å². The Morgan fingerprint density at radius 1 is 1.15 bits per heavy atom. The van der Waals surface area contributed by atoms with Crippen LogP contribution < -0.4 is 5.73 Å². The molecule has 80 valence electrons. The van der Waals surface area contributed by atoms with Crippen LogP contribution in [0.25, 0.3) is 0 Å². The Morgan fingerprint density at radius 2 is 1.77 bits per heavy atom. The van der Waals surface area contributed by atoms with Gasteiger partial charge >= 0.3 is 0 Å². The summed E-state index contributed by atoms with van der Waals surface area (Å²) in [5.41, 5.74) is 5.99. The van der Waals surface area contributed by atoms with Crippen LogP contribution in [-0.2, 0) is 0 Å². The van der Waals surface area contributed by atoms with E-state index >= 15 is 0 Å². The molecule has 0 rings (SSSR count). The fraction of sp³-hybridized carbons (Fsp3) is 1.00. The number of rotatable bonds is 7. The minimum Gasteiger partial charge on any atom is -0.327 e. The molecule has 0 aliphatic rings. The van der Waals surface area contributed by atoms with Crippen molar-refractivity contribution in [2.45, 2.75) is 46.6 Å². The van der Waals surface area contributed by atoms with Gasteiger partial charge in [0.05, 0.1) is 0 Å². The van der Waals surface area contributed by atoms with Gasteiger partial charge in [0.15, 0.2) is 0 Å². The van der Waals surface area contributed by atoms with Crippen molar-refractivity contribution in [2.24, 2.45) is 11.7 Å². The molecule has 0 aromatic carbocycles. The lowest BCUT2D eigenvalue weighted by Gasteiger charge is -2.25. The number of hydrogen-bond donors (Lipinski definition) is 1. The van der Waals surface area contributed by atoms with Gasteiger partial charge in [-0.1, -0.05) is 34.1 Å². The maximum Gasteiger partial charge on any atom is 0.0167 e. The molecule has 0 saturated heterocycles. The first-order valence-electron chi connectivity index (χ1n) is 5.58. The van der Waals surface area contributed by atoms with Crippen LogP contribution in [0.1, 0.15) is 40.5 Å². The van der Waals surface area contributed by atoms with Crippen molar-refractivity contribution in [3.05, 3.63) is 0 Å². The lowest BCUT2D eigenvalue weighted by atomic mass is 10.1. The maximum absolute atomic E-state index is 5.99. The molecule has 13 heavy (non-hydrogen) atoms. The van der Waals surface area contributed by atoms with Gasteiger partial charge in [-0.25, -0.2) is 0 Å². The van der Waals surface area contributed by atoms with E-state index in [4.69, 9.17) is 5.73 Å². The Hall–Kier alpha value is -0.0800. The van der Waals surface area contributed by atoms with Crippen LogP contribution in [0.3, 0.4) is 0 Å². The number of hydrogen-bond acceptors (Lipinski definition) is 2. The van der Waals surface area contributed by atoms with Crippen LogP contribution in [-0.4, -0.2) is 30.6 Å². The smallest absolute Gasteiger partial charge is 0.0167 e. The van der Waals surface area contributed by atoms with Crippen LogP contribution in [0.15, 0.2) is 0 Å². The normalized spacial score (nSPS) is 14.1. The first-order chi connectivity index (χ1) is 6.10. The number of nitrogens with zero attached hydrogens (tertiary/aromatic N) is 1. The molecule has 2 nitrogen and oxygen atoms in total. The van der Waals surface area contributed by atoms with E-state index in [9.17, 15) is 0 Å². The second-order valence-corrected chi connectivity index (χ2v) is 4.29. The first-order valence-corrected chi connectivity index (χ1v) is 5.58. The molecule has 1 atom stereocenters. The quantitative estimate of drug-likeness (QED) is 0.659. The molecule has 2 N–H and O–H groups in total. The van der Waals surface area contributed by atoms with Crippen molar-refractivity contribution in [3.8, 4) is 0 Å². The fourth-order valence-corrected chi connectivity index (χ4v) is 1.64. The molecule has 0 heterocycles. The molecule has 0 spiro atoms. The van der Waals surface area contributed by atoms with Gasteiger partial charge in [0.25, 0.3) is 0 Å². The van der Waals surface area contributed by atoms with E-state index in [-0.39, 0.29) is 0 Å². The van der Waals surface area contributed by atoms with Crippen molar-refractivity contribution < 1.29 is 0 Å². The van der Waals surface area contributed by atoms with Crippen molar-refractivity contribution in [2.75, 3.05) is 19.6 Å². The third kappa shape index (κ3) is 7.03. The topological polar surface area (TPSA) is 29.3 Å². The van der Waals surface area contributed by atoms with E-state index in [0.29, 0.717) is 6.04 Å². The summed E-state index contributed by atoms with van der Waals surface area (Å²) in [7, 11) is 0. The second kappa shape index (κ2) is 7.34. The van der Waals surface area contributed by atoms with Crippen molar-refractivity contribution in [3.63, 3.8) is 0 Å². The van der Waals surface area contributed by atoms with Gasteiger partial charge in [-0.15, -0.1) is 0 Å². The molecule has 0 bridgehead atoms. The monoisotopic (exact) mass is 186 g/mol. The summed E-state index contributed by atoms with van der Waals surface area (Å²) in [6.45, 7) is 12.3. The second-order valence-electron chi connectivity index (χ2n) is 4.29. The van der Waals surface area contributed by atoms with E-state index in [1.165, 1.54) is 13.0 Å². The third-order valence-electron chi connectivity index (χ3n) is 2.22. The van der Waals surface area contributed by atoms with E-state index < -0.39 is 0 Å². The summed E-state index contributed by atoms with van der Waals surface area (Å²) in [6.07, 6.45) is 2.34. The van der Waals surface area contributed by atoms with Crippen molar-refractivity contribution in [1.29, 1.82) is 0 Å². The largest absolute Gasteiger partial charge is 0.327 e. The summed E-state index contributed by atoms with van der Waals surface area (Å²) in [4.78, 5) is 2.45. The first kappa shape index (κ1) is 12.9. The SMILES string of the molecule is CCCC(N)CN(CC)CC(C)C. The van der Waals surface area contributed by atoms with Gasteiger partial charge in [-0.05, 0) is 18.9 Å². The van der Waals surface area contributed by atoms with Crippen molar-refractivity contribution in [1.82, 2.24) is 4.90 Å². The van der Waals surface area contributed by atoms with Crippen molar-refractivity contribution >= 4 is 0 Å². The van der Waals surface area contributed by atoms with E-state index in [1.807, 2.05) is 0 Å². The zero-order valence-corrected chi connectivity index (χ0v) is 9.71. The molecule has 0 aliphatic carbocycles. The van der Waals surface area contributed by atoms with Crippen LogP contribution >= 0.6 is 0 Å². The molecule has 0 saturated carbocycles. The predicted octanol–water partition coefficient (Wildman–Crippen LogP) is 2.09. The van der Waals surface area contributed by atoms with Gasteiger partial charge in [-0.2, -0.15) is 0 Å². The molecule has 0 amide bonds. The van der Waals surface area contributed by atoms with Gasteiger partial charge in [0.2, 0.25) is 0 Å². The Morgan fingerprint density at radius 3 is 2.15 bits per heavy atom. The highest BCUT2D eigenvalue weighted by Gasteiger charge is 2.09. The minimum atomic E-state index is 0.365. The lowest BCUT2D eigenvalue weighted by molar-refractivity contribution is 0.237. The van der Waals surface area contributed by atoms with Crippen LogP contribution in [0.4, 0.5) is 0 Å². The van der Waals surface area contributed by atoms with Gasteiger partial charge in [0, 0.05) is 19.1 Å². The van der Waals surface area contributed by atoms with Gasteiger partial charge < -0.3 is 10.6 Å². The molecular weight excluding hydrogens is 160 g/mol. The Labute approximate surface area is 83.5 Å². The van der Waals surface area contributed by atoms with E-state index in [1.54, 1.807) is 0 Å². The standard InChI is InChI=1S/C11H26N2/c1-5-7-11(12)9-13(6-2)8-10(3)4/h10-11H,5-9,12H2,1-4H3. The third-order valence-corrected chi connectivity index (χ3v) is 2.22. The molecule has 1 unspecified atom stereocenters. The highest BCUT2D eigenvalue weighted by Crippen LogP contribution is 2.01. The van der Waals surface area contributed by atoms with Crippen LogP contribution in [0.5, 0.6) is 0 Å². The Bertz CT molecular complexity index is 113. The highest BCUT2D eigenvalue weighted by molar-refractivity contribution is 4.67. The zero-order valence-electron chi connectivity index (χ0n) is 9.71. The summed E-state index contributed by atoms with van der Waals surface area (Å²) >= 11 is 0. The zero-order chi connectivity index (χ0) is 10.3. The Kier molecular flexibility index (Phi) is 7.29. The summed E-state index contributed by atoms with van der Waals surface area (Å²) < 4.78 is 0. The lowest BCUT2D eigenvalue weighted by Crippen LogP contribution is -2.39. The predicted molar refractivity (Wildman–Crippen MR) is 59.8 cm³/mol. The number of likely N-dealkylation sites (N-methyl/N-ethyl adjacent to an activating group) is 1. The Balaban J connectivity index is 3.69. The molecule has 0 fully saturated rings. The van der Waals surface area contributed by atoms with Crippen LogP contribution in [0.2, 0.25) is 0 Å². The molecule has 2 heteroatoms. The van der Waals surface area contributed by atoms with Crippen LogP contribution in [0, 0.1) is 5.92 Å². The number of nitrogens with two attached hydrogens (primary N) is 1. The van der Waals surface area contributed by atoms with Gasteiger partial charge in [0.1, 0.15) is 0 Å². The van der Waals surface area contributed by atoms with E-state index in [0.717, 1.165) is 25.4 Å². The molecule has 0 aliphatic heterocycles. The summed E-state index contributed by atoms with van der Waals surface area (Å²) in [6, 6.07) is 0.365. The minimum absolute atomic E-state index is 0.365. The molecular formula is C11H26N2. The summed E-state index contributed by atoms with van der Waals surface area (Å²) in [5, 5.41) is 0. The average Bonchev–Trinajstić information content (AvgIpc) is 2.02. The highest BCUT2D eigenvalue weighted by atomic mass is 15.1. The maximum atomic E-state index is 5.99.